The van der Waals surface area contributed by atoms with Crippen molar-refractivity contribution < 1.29 is 28.5 Å². The van der Waals surface area contributed by atoms with E-state index < -0.39 is 0 Å². The van der Waals surface area contributed by atoms with Gasteiger partial charge in [-0.15, -0.1) is 0 Å². The summed E-state index contributed by atoms with van der Waals surface area (Å²) in [5.41, 5.74) is 2.34. The molecule has 5 rings (SSSR count). The molecule has 394 valence electrons. The van der Waals surface area contributed by atoms with Gasteiger partial charge < -0.3 is 29.0 Å². The van der Waals surface area contributed by atoms with E-state index in [1.165, 1.54) is 148 Å². The number of nitrogens with one attached hydrogen (secondary N) is 1. The maximum Gasteiger partial charge on any atom is 0.407 e. The fraction of sp³-hybridized carbons (Fsp3) is 0.917. The van der Waals surface area contributed by atoms with Gasteiger partial charge in [0.1, 0.15) is 6.10 Å². The predicted molar refractivity (Wildman–Crippen MR) is 283 cm³/mol. The SMILES string of the molecule is CCCCCC/C=C\CCCCCCCCCCOCC(CN1CCCC1C)OCCOCCOCCNC(=O)O[C@H]1CC[C@@]2(C)C(=CC[C@H]3[C@@H]4CC[C@H]([C@H](C)CCCC(C)C)[C@@]4(C)CC[C@@H]32)C1. The maximum absolute atomic E-state index is 12.9. The normalized spacial score (nSPS) is 29.2. The van der Waals surface area contributed by atoms with Crippen molar-refractivity contribution in [2.45, 2.75) is 240 Å². The number of amides is 1. The fourth-order valence-corrected chi connectivity index (χ4v) is 14.1. The second-order valence-corrected chi connectivity index (χ2v) is 23.7. The van der Waals surface area contributed by atoms with Gasteiger partial charge in [-0.25, -0.2) is 4.79 Å². The molecular formula is C60H108N2O6. The van der Waals surface area contributed by atoms with Crippen molar-refractivity contribution in [2.24, 2.45) is 46.3 Å². The molecule has 0 aromatic carbocycles. The zero-order valence-corrected chi connectivity index (χ0v) is 45.5. The second kappa shape index (κ2) is 31.9. The van der Waals surface area contributed by atoms with Gasteiger partial charge in [0, 0.05) is 32.2 Å². The number of alkyl carbamates (subject to hydrolysis) is 1. The fourth-order valence-electron chi connectivity index (χ4n) is 14.1. The summed E-state index contributed by atoms with van der Waals surface area (Å²) in [6.45, 7) is 23.7. The zero-order valence-electron chi connectivity index (χ0n) is 45.5. The van der Waals surface area contributed by atoms with Crippen LogP contribution in [0.4, 0.5) is 4.79 Å². The molecule has 68 heavy (non-hydrogen) atoms. The number of fused-ring (bicyclic) bond motifs is 5. The lowest BCUT2D eigenvalue weighted by Gasteiger charge is -2.58. The lowest BCUT2D eigenvalue weighted by atomic mass is 9.47. The highest BCUT2D eigenvalue weighted by Gasteiger charge is 2.59. The van der Waals surface area contributed by atoms with Crippen LogP contribution in [0.3, 0.4) is 0 Å². The Hall–Kier alpha value is -1.45. The largest absolute Gasteiger partial charge is 0.446 e. The van der Waals surface area contributed by atoms with Gasteiger partial charge in [0.15, 0.2) is 0 Å². The highest BCUT2D eigenvalue weighted by Crippen LogP contribution is 2.67. The van der Waals surface area contributed by atoms with E-state index in [2.05, 4.69) is 76.9 Å². The number of hydrogen-bond donors (Lipinski definition) is 1. The van der Waals surface area contributed by atoms with Gasteiger partial charge in [-0.3, -0.25) is 4.90 Å². The Balaban J connectivity index is 0.862. The van der Waals surface area contributed by atoms with Gasteiger partial charge >= 0.3 is 6.09 Å². The Labute approximate surface area is 419 Å². The summed E-state index contributed by atoms with van der Waals surface area (Å²) in [6, 6.07) is 0.612. The van der Waals surface area contributed by atoms with Gasteiger partial charge in [-0.05, 0) is 150 Å². The van der Waals surface area contributed by atoms with E-state index >= 15 is 0 Å². The molecule has 4 fully saturated rings. The average Bonchev–Trinajstić information content (AvgIpc) is 3.90. The lowest BCUT2D eigenvalue weighted by Crippen LogP contribution is -2.51. The summed E-state index contributed by atoms with van der Waals surface area (Å²) in [6.07, 6.45) is 42.2. The molecule has 0 aromatic rings. The molecule has 1 amide bonds. The van der Waals surface area contributed by atoms with E-state index in [4.69, 9.17) is 23.7 Å². The van der Waals surface area contributed by atoms with E-state index in [0.717, 1.165) is 80.9 Å². The molecular weight excluding hydrogens is 845 g/mol. The van der Waals surface area contributed by atoms with E-state index in [1.807, 2.05) is 0 Å². The Morgan fingerprint density at radius 3 is 2.19 bits per heavy atom. The smallest absolute Gasteiger partial charge is 0.407 e. The number of ether oxygens (including phenoxy) is 5. The third-order valence-corrected chi connectivity index (χ3v) is 18.2. The molecule has 8 nitrogen and oxygen atoms in total. The number of nitrogens with zero attached hydrogens (tertiary/aromatic N) is 1. The predicted octanol–water partition coefficient (Wildman–Crippen LogP) is 15.1. The van der Waals surface area contributed by atoms with Crippen molar-refractivity contribution in [3.05, 3.63) is 23.8 Å². The Morgan fingerprint density at radius 2 is 1.47 bits per heavy atom. The standard InChI is InChI=1S/C60H108N2O6/c1-8-9-10-11-12-13-14-15-16-17-18-19-20-21-22-23-39-66-47-53(46-62-38-25-28-50(62)5)67-44-43-65-42-41-64-40-37-61-58(63)68-52-33-35-59(6)51(45-52)29-30-54-56-32-31-55(49(4)27-24-26-48(2)3)60(56,7)36-34-57(54)59/h13-14,29,48-50,52-57H,8-12,15-28,30-47H2,1-7H3,(H,61,63)/b14-13-/t49-,50?,52+,53?,54+,55-,56+,57+,59+,60-/m1/s1. The molecule has 1 aliphatic heterocycles. The first kappa shape index (κ1) is 57.5. The minimum atomic E-state index is -0.317. The first-order valence-electron chi connectivity index (χ1n) is 29.4. The molecule has 0 aromatic heterocycles. The van der Waals surface area contributed by atoms with Crippen LogP contribution in [0.5, 0.6) is 0 Å². The van der Waals surface area contributed by atoms with Crippen LogP contribution < -0.4 is 5.32 Å². The first-order valence-corrected chi connectivity index (χ1v) is 29.4. The molecule has 5 aliphatic rings. The topological polar surface area (TPSA) is 78.5 Å². The van der Waals surface area contributed by atoms with Crippen molar-refractivity contribution in [2.75, 3.05) is 65.9 Å². The molecule has 0 spiro atoms. The van der Waals surface area contributed by atoms with Crippen LogP contribution in [-0.4, -0.2) is 95.1 Å². The number of likely N-dealkylation sites (tertiary alicyclic amines) is 1. The molecule has 1 N–H and O–H groups in total. The third kappa shape index (κ3) is 18.9. The monoisotopic (exact) mass is 953 g/mol. The second-order valence-electron chi connectivity index (χ2n) is 23.7. The van der Waals surface area contributed by atoms with Crippen molar-refractivity contribution in [3.8, 4) is 0 Å². The number of unbranched alkanes of at least 4 members (excludes halogenated alkanes) is 12. The van der Waals surface area contributed by atoms with E-state index in [1.54, 1.807) is 5.57 Å². The molecule has 0 radical (unpaired) electrons. The quantitative estimate of drug-likeness (QED) is 0.0495. The van der Waals surface area contributed by atoms with Crippen LogP contribution in [0.15, 0.2) is 23.8 Å². The van der Waals surface area contributed by atoms with Crippen LogP contribution >= 0.6 is 0 Å². The van der Waals surface area contributed by atoms with Gasteiger partial charge in [0.05, 0.1) is 45.7 Å². The molecule has 10 atom stereocenters. The van der Waals surface area contributed by atoms with Crippen molar-refractivity contribution in [1.29, 1.82) is 0 Å². The number of carbonyl (C=O) groups excluding carboxylic acids is 1. The summed E-state index contributed by atoms with van der Waals surface area (Å²) in [7, 11) is 0. The van der Waals surface area contributed by atoms with Gasteiger partial charge in [-0.2, -0.15) is 0 Å². The lowest BCUT2D eigenvalue weighted by molar-refractivity contribution is -0.0583. The molecule has 0 bridgehead atoms. The number of hydrogen-bond acceptors (Lipinski definition) is 7. The molecule has 8 heteroatoms. The van der Waals surface area contributed by atoms with Gasteiger partial charge in [-0.1, -0.05) is 142 Å². The van der Waals surface area contributed by atoms with Crippen LogP contribution in [0, 0.1) is 46.3 Å². The summed E-state index contributed by atoms with van der Waals surface area (Å²) in [5, 5.41) is 2.94. The third-order valence-electron chi connectivity index (χ3n) is 18.2. The molecule has 1 heterocycles. The van der Waals surface area contributed by atoms with Crippen LogP contribution in [-0.2, 0) is 23.7 Å². The maximum atomic E-state index is 12.9. The van der Waals surface area contributed by atoms with Crippen LogP contribution in [0.2, 0.25) is 0 Å². The number of allylic oxidation sites excluding steroid dienone is 3. The average molecular weight is 954 g/mol. The highest BCUT2D eigenvalue weighted by atomic mass is 16.6. The van der Waals surface area contributed by atoms with E-state index in [0.29, 0.717) is 57.6 Å². The van der Waals surface area contributed by atoms with E-state index in [9.17, 15) is 4.79 Å². The van der Waals surface area contributed by atoms with Crippen LogP contribution in [0.25, 0.3) is 0 Å². The summed E-state index contributed by atoms with van der Waals surface area (Å²) >= 11 is 0. The summed E-state index contributed by atoms with van der Waals surface area (Å²) < 4.78 is 30.2. The molecule has 3 saturated carbocycles. The molecule has 2 unspecified atom stereocenters. The Kier molecular flexibility index (Phi) is 26.9. The first-order chi connectivity index (χ1) is 33.0. The zero-order chi connectivity index (χ0) is 48.5. The van der Waals surface area contributed by atoms with Crippen molar-refractivity contribution in [1.82, 2.24) is 10.2 Å². The molecule has 4 aliphatic carbocycles. The van der Waals surface area contributed by atoms with Crippen LogP contribution in [0.1, 0.15) is 222 Å². The number of carbonyl (C=O) groups is 1. The van der Waals surface area contributed by atoms with Gasteiger partial charge in [0.2, 0.25) is 0 Å². The Bertz CT molecular complexity index is 1420. The minimum Gasteiger partial charge on any atom is -0.446 e. The van der Waals surface area contributed by atoms with Crippen molar-refractivity contribution in [3.63, 3.8) is 0 Å². The highest BCUT2D eigenvalue weighted by molar-refractivity contribution is 5.67. The van der Waals surface area contributed by atoms with Gasteiger partial charge in [0.25, 0.3) is 0 Å². The number of rotatable bonds is 36. The Morgan fingerprint density at radius 1 is 0.765 bits per heavy atom. The summed E-state index contributed by atoms with van der Waals surface area (Å²) in [5.74, 6) is 5.03. The summed E-state index contributed by atoms with van der Waals surface area (Å²) in [4.78, 5) is 15.4. The van der Waals surface area contributed by atoms with E-state index in [-0.39, 0.29) is 23.7 Å². The molecule has 1 saturated heterocycles. The minimum absolute atomic E-state index is 0.0361. The van der Waals surface area contributed by atoms with Crippen molar-refractivity contribution >= 4 is 6.09 Å².